The number of halogens is 3. The summed E-state index contributed by atoms with van der Waals surface area (Å²) in [4.78, 5) is 52.3. The van der Waals surface area contributed by atoms with E-state index in [0.717, 1.165) is 92.1 Å². The third kappa shape index (κ3) is 7.11. The molecule has 13 nitrogen and oxygen atoms in total. The maximum absolute atomic E-state index is 13.2. The minimum absolute atomic E-state index is 0.224. The summed E-state index contributed by atoms with van der Waals surface area (Å²) in [5.41, 5.74) is 1.37. The molecule has 2 aromatic carbocycles. The van der Waals surface area contributed by atoms with Gasteiger partial charge >= 0.3 is 12.2 Å². The number of urea groups is 1. The highest BCUT2D eigenvalue weighted by Gasteiger charge is 2.42. The molecule has 2 atom stereocenters. The summed E-state index contributed by atoms with van der Waals surface area (Å²) in [6.07, 6.45) is 7.62. The Kier molecular flexibility index (Phi) is 9.45. The lowest BCUT2D eigenvalue weighted by atomic mass is 9.85. The third-order valence-electron chi connectivity index (χ3n) is 12.1. The lowest BCUT2D eigenvalue weighted by molar-refractivity contribution is -0.141. The van der Waals surface area contributed by atoms with E-state index in [9.17, 15) is 27.6 Å². The molecule has 4 amide bonds. The van der Waals surface area contributed by atoms with Crippen molar-refractivity contribution < 1.29 is 32.3 Å². The Morgan fingerprint density at radius 1 is 0.930 bits per heavy atom. The molecule has 6 heterocycles. The van der Waals surface area contributed by atoms with Crippen LogP contribution in [-0.2, 0) is 11.0 Å². The fourth-order valence-corrected chi connectivity index (χ4v) is 9.25. The number of hydrogen-bond donors (Lipinski definition) is 2. The van der Waals surface area contributed by atoms with Gasteiger partial charge in [-0.1, -0.05) is 18.2 Å². The van der Waals surface area contributed by atoms with Gasteiger partial charge < -0.3 is 15.0 Å². The number of nitrogens with zero attached hydrogens (tertiary/aromatic N) is 7. The van der Waals surface area contributed by atoms with E-state index in [0.29, 0.717) is 47.2 Å². The average molecular weight is 782 g/mol. The van der Waals surface area contributed by atoms with Crippen LogP contribution in [0.4, 0.5) is 35.0 Å². The monoisotopic (exact) mass is 781 g/mol. The summed E-state index contributed by atoms with van der Waals surface area (Å²) >= 11 is 0. The Morgan fingerprint density at radius 3 is 2.42 bits per heavy atom. The highest BCUT2D eigenvalue weighted by molar-refractivity contribution is 6.11. The van der Waals surface area contributed by atoms with Crippen molar-refractivity contribution in [1.82, 2.24) is 30.0 Å². The number of hydrogen-bond acceptors (Lipinski definition) is 9. The number of imide groups is 1. The van der Waals surface area contributed by atoms with E-state index >= 15 is 0 Å². The lowest BCUT2D eigenvalue weighted by Gasteiger charge is -2.44. The molecule has 1 aliphatic carbocycles. The Bertz CT molecular complexity index is 2360. The molecule has 9 rings (SSSR count). The summed E-state index contributed by atoms with van der Waals surface area (Å²) in [5, 5.41) is 12.7. The van der Waals surface area contributed by atoms with Crippen LogP contribution in [0.3, 0.4) is 0 Å². The van der Waals surface area contributed by atoms with Crippen molar-refractivity contribution in [2.24, 2.45) is 5.92 Å². The highest BCUT2D eigenvalue weighted by Crippen LogP contribution is 2.41. The maximum Gasteiger partial charge on any atom is 0.433 e. The second kappa shape index (κ2) is 14.6. The van der Waals surface area contributed by atoms with Crippen molar-refractivity contribution in [3.63, 3.8) is 0 Å². The molecule has 16 heteroatoms. The zero-order valence-electron chi connectivity index (χ0n) is 31.3. The molecule has 296 valence electrons. The second-order valence-electron chi connectivity index (χ2n) is 15.5. The maximum atomic E-state index is 13.2. The fourth-order valence-electron chi connectivity index (χ4n) is 9.25. The first-order valence-corrected chi connectivity index (χ1v) is 19.4. The molecule has 4 fully saturated rings. The fraction of sp³-hybridized carbons (Fsp3) is 0.415. The number of piperazine rings is 1. The first-order valence-electron chi connectivity index (χ1n) is 19.4. The third-order valence-corrected chi connectivity index (χ3v) is 12.1. The van der Waals surface area contributed by atoms with Crippen molar-refractivity contribution in [3.8, 4) is 5.75 Å². The molecule has 0 spiro atoms. The molecular weight excluding hydrogens is 740 g/mol. The topological polar surface area (TPSA) is 138 Å². The Balaban J connectivity index is 0.835. The van der Waals surface area contributed by atoms with Gasteiger partial charge in [0.15, 0.2) is 0 Å². The quantitative estimate of drug-likeness (QED) is 0.174. The van der Waals surface area contributed by atoms with Crippen LogP contribution in [0.15, 0.2) is 67.1 Å². The van der Waals surface area contributed by atoms with Gasteiger partial charge in [0.05, 0.1) is 36.2 Å². The molecule has 3 aromatic heterocycles. The lowest BCUT2D eigenvalue weighted by Crippen LogP contribution is -2.55. The van der Waals surface area contributed by atoms with E-state index in [1.807, 2.05) is 29.2 Å². The molecule has 3 aliphatic heterocycles. The van der Waals surface area contributed by atoms with Crippen LogP contribution < -0.4 is 25.2 Å². The number of benzene rings is 2. The van der Waals surface area contributed by atoms with E-state index in [-0.39, 0.29) is 24.1 Å². The molecule has 2 bridgehead atoms. The summed E-state index contributed by atoms with van der Waals surface area (Å²) in [7, 11) is 1.46. The number of anilines is 3. The Hall–Kier alpha value is -5.77. The van der Waals surface area contributed by atoms with E-state index in [4.69, 9.17) is 9.84 Å². The van der Waals surface area contributed by atoms with Crippen LogP contribution in [0.2, 0.25) is 0 Å². The van der Waals surface area contributed by atoms with E-state index in [2.05, 4.69) is 36.5 Å². The van der Waals surface area contributed by atoms with E-state index in [1.54, 1.807) is 23.2 Å². The van der Waals surface area contributed by atoms with Crippen molar-refractivity contribution in [2.45, 2.75) is 69.2 Å². The second-order valence-corrected chi connectivity index (χ2v) is 15.5. The Labute approximate surface area is 326 Å². The number of alkyl halides is 3. The molecule has 0 radical (unpaired) electrons. The van der Waals surface area contributed by atoms with Crippen LogP contribution in [0.25, 0.3) is 21.7 Å². The smallest absolute Gasteiger partial charge is 0.433 e. The minimum atomic E-state index is -4.67. The number of pyridine rings is 2. The summed E-state index contributed by atoms with van der Waals surface area (Å²) in [6, 6.07) is 13.6. The summed E-state index contributed by atoms with van der Waals surface area (Å²) in [5.74, 6) is -0.108. The molecule has 3 saturated heterocycles. The summed E-state index contributed by atoms with van der Waals surface area (Å²) < 4.78 is 47.1. The molecule has 5 aromatic rings. The van der Waals surface area contributed by atoms with Crippen molar-refractivity contribution in [2.75, 3.05) is 48.4 Å². The normalized spacial score (nSPS) is 22.9. The van der Waals surface area contributed by atoms with E-state index < -0.39 is 23.8 Å². The van der Waals surface area contributed by atoms with Crippen LogP contribution in [0, 0.1) is 5.92 Å². The van der Waals surface area contributed by atoms with Crippen molar-refractivity contribution >= 4 is 56.6 Å². The number of ether oxygens (including phenoxy) is 1. The number of rotatable bonds is 8. The number of carbonyl (C=O) groups is 3. The number of nitrogens with one attached hydrogen (secondary N) is 2. The highest BCUT2D eigenvalue weighted by atomic mass is 19.4. The van der Waals surface area contributed by atoms with Crippen LogP contribution in [-0.4, -0.2) is 87.9 Å². The van der Waals surface area contributed by atoms with Gasteiger partial charge in [-0.25, -0.2) is 9.78 Å². The molecule has 4 aliphatic rings. The number of amides is 4. The van der Waals surface area contributed by atoms with Crippen LogP contribution >= 0.6 is 0 Å². The molecule has 57 heavy (non-hydrogen) atoms. The largest absolute Gasteiger partial charge is 0.494 e. The van der Waals surface area contributed by atoms with Crippen molar-refractivity contribution in [3.05, 3.63) is 78.5 Å². The van der Waals surface area contributed by atoms with Gasteiger partial charge in [0.2, 0.25) is 5.91 Å². The first-order chi connectivity index (χ1) is 27.5. The zero-order valence-corrected chi connectivity index (χ0v) is 31.3. The van der Waals surface area contributed by atoms with Gasteiger partial charge in [-0.05, 0) is 68.7 Å². The molecule has 2 unspecified atom stereocenters. The summed E-state index contributed by atoms with van der Waals surface area (Å²) in [6.45, 7) is 3.25. The standard InChI is InChI=1S/C41H42F3N9O4/c1-57-36-17-32-25(16-33(36)47-39(55)31-5-3-7-37(46-31)41(42,43)44)21-53(49-32)26-10-8-24(9-11-26)20-52-27-12-13-28(52)23-50(22-27)34-6-2-4-29-30(34)18-45-19-35(29)51-15-14-38(54)48-40(51)56/h2-7,16-19,21,24,26-28H,8-15,20,22-23H2,1H3,(H,47,55)(H,48,54,56). The first kappa shape index (κ1) is 36.8. The SMILES string of the molecule is COc1cc2nn(C3CCC(CN4C5CCC4CN(c4cccc6c(N7CCC(=O)NC7=O)cncc46)C5)CC3)cc2cc1NC(=O)c1cccc(C(F)(F)F)n1. The van der Waals surface area contributed by atoms with Gasteiger partial charge in [0, 0.05) is 85.0 Å². The van der Waals surface area contributed by atoms with Gasteiger partial charge in [-0.3, -0.25) is 34.4 Å². The van der Waals surface area contributed by atoms with Crippen molar-refractivity contribution in [1.29, 1.82) is 0 Å². The van der Waals surface area contributed by atoms with Gasteiger partial charge in [0.25, 0.3) is 5.91 Å². The zero-order chi connectivity index (χ0) is 39.4. The Morgan fingerprint density at radius 2 is 1.68 bits per heavy atom. The van der Waals surface area contributed by atoms with Crippen LogP contribution in [0.1, 0.15) is 67.2 Å². The van der Waals surface area contributed by atoms with E-state index in [1.165, 1.54) is 13.2 Å². The number of methoxy groups -OCH3 is 1. The average Bonchev–Trinajstić information content (AvgIpc) is 3.71. The molecule has 2 N–H and O–H groups in total. The minimum Gasteiger partial charge on any atom is -0.494 e. The number of fused-ring (bicyclic) bond motifs is 4. The number of aromatic nitrogens is 4. The van der Waals surface area contributed by atoms with Gasteiger partial charge in [-0.15, -0.1) is 0 Å². The number of carbonyl (C=O) groups excluding carboxylic acids is 3. The van der Waals surface area contributed by atoms with Crippen LogP contribution in [0.5, 0.6) is 5.75 Å². The van der Waals surface area contributed by atoms with Gasteiger partial charge in [0.1, 0.15) is 17.1 Å². The van der Waals surface area contributed by atoms with Gasteiger partial charge in [-0.2, -0.15) is 18.3 Å². The molecular formula is C41H42F3N9O4. The molecule has 1 saturated carbocycles. The predicted molar refractivity (Wildman–Crippen MR) is 207 cm³/mol. The predicted octanol–water partition coefficient (Wildman–Crippen LogP) is 6.79.